The number of alkyl halides is 1. The van der Waals surface area contributed by atoms with Gasteiger partial charge in [-0.2, -0.15) is 0 Å². The minimum absolute atomic E-state index is 0.157. The third kappa shape index (κ3) is 3.56. The Labute approximate surface area is 89.1 Å². The maximum atomic E-state index is 5.80. The van der Waals surface area contributed by atoms with Crippen molar-refractivity contribution in [2.75, 3.05) is 13.7 Å². The molecule has 13 heavy (non-hydrogen) atoms. The van der Waals surface area contributed by atoms with E-state index in [1.54, 1.807) is 7.11 Å². The lowest BCUT2D eigenvalue weighted by Gasteiger charge is -2.25. The molecule has 0 aliphatic heterocycles. The highest BCUT2D eigenvalue weighted by Crippen LogP contribution is 2.28. The zero-order valence-electron chi connectivity index (χ0n) is 8.68. The molecule has 0 aromatic rings. The first-order valence-corrected chi connectivity index (χ1v) is 5.77. The van der Waals surface area contributed by atoms with E-state index in [2.05, 4.69) is 15.9 Å². The van der Waals surface area contributed by atoms with Crippen LogP contribution in [0.15, 0.2) is 0 Å². The van der Waals surface area contributed by atoms with Crippen molar-refractivity contribution in [2.24, 2.45) is 0 Å². The second kappa shape index (κ2) is 4.76. The molecule has 0 N–H and O–H groups in total. The quantitative estimate of drug-likeness (QED) is 0.715. The second-order valence-corrected chi connectivity index (χ2v) is 5.44. The topological polar surface area (TPSA) is 18.5 Å². The minimum Gasteiger partial charge on any atom is -0.376 e. The summed E-state index contributed by atoms with van der Waals surface area (Å²) in [6.07, 6.45) is 4.07. The summed E-state index contributed by atoms with van der Waals surface area (Å²) in [5.41, 5.74) is -0.157. The van der Waals surface area contributed by atoms with Crippen LogP contribution in [0.2, 0.25) is 0 Å². The average Bonchev–Trinajstić information content (AvgIpc) is 2.48. The molecule has 0 bridgehead atoms. The molecule has 0 aromatic carbocycles. The number of hydrogen-bond acceptors (Lipinski definition) is 2. The molecular formula is C10H19BrO2. The van der Waals surface area contributed by atoms with Crippen molar-refractivity contribution in [3.63, 3.8) is 0 Å². The van der Waals surface area contributed by atoms with Gasteiger partial charge in [0, 0.05) is 11.9 Å². The number of hydrogen-bond donors (Lipinski definition) is 0. The largest absolute Gasteiger partial charge is 0.376 e. The fraction of sp³-hybridized carbons (Fsp3) is 1.00. The molecule has 0 heterocycles. The van der Waals surface area contributed by atoms with E-state index in [1.165, 1.54) is 19.3 Å². The van der Waals surface area contributed by atoms with Crippen molar-refractivity contribution in [3.8, 4) is 0 Å². The molecule has 2 atom stereocenters. The summed E-state index contributed by atoms with van der Waals surface area (Å²) in [4.78, 5) is 0.542. The third-order valence-electron chi connectivity index (χ3n) is 2.57. The molecule has 1 aliphatic rings. The third-order valence-corrected chi connectivity index (χ3v) is 3.62. The molecule has 0 saturated heterocycles. The van der Waals surface area contributed by atoms with Crippen LogP contribution in [0, 0.1) is 0 Å². The molecule has 1 rings (SSSR count). The van der Waals surface area contributed by atoms with Gasteiger partial charge in [-0.25, -0.2) is 0 Å². The Morgan fingerprint density at radius 2 is 2.08 bits per heavy atom. The first-order chi connectivity index (χ1) is 6.05. The van der Waals surface area contributed by atoms with Crippen molar-refractivity contribution in [2.45, 2.75) is 49.6 Å². The van der Waals surface area contributed by atoms with Crippen LogP contribution in [0.4, 0.5) is 0 Å². The van der Waals surface area contributed by atoms with Gasteiger partial charge in [-0.15, -0.1) is 0 Å². The Morgan fingerprint density at radius 3 is 2.54 bits per heavy atom. The Bertz CT molecular complexity index is 159. The van der Waals surface area contributed by atoms with Gasteiger partial charge in [0.05, 0.1) is 18.3 Å². The zero-order valence-corrected chi connectivity index (χ0v) is 10.3. The SMILES string of the molecule is COC(C)(C)COC1CCCC1Br. The van der Waals surface area contributed by atoms with Crippen LogP contribution in [-0.4, -0.2) is 30.2 Å². The van der Waals surface area contributed by atoms with Crippen LogP contribution in [0.1, 0.15) is 33.1 Å². The molecule has 2 nitrogen and oxygen atoms in total. The predicted octanol–water partition coefficient (Wildman–Crippen LogP) is 2.74. The van der Waals surface area contributed by atoms with Gasteiger partial charge in [-0.3, -0.25) is 0 Å². The van der Waals surface area contributed by atoms with E-state index in [1.807, 2.05) is 13.8 Å². The number of rotatable bonds is 4. The maximum absolute atomic E-state index is 5.80. The molecule has 3 heteroatoms. The van der Waals surface area contributed by atoms with E-state index < -0.39 is 0 Å². The highest BCUT2D eigenvalue weighted by atomic mass is 79.9. The molecule has 0 amide bonds. The lowest BCUT2D eigenvalue weighted by Crippen LogP contribution is -2.33. The van der Waals surface area contributed by atoms with Crippen LogP contribution >= 0.6 is 15.9 Å². The summed E-state index contributed by atoms with van der Waals surface area (Å²) >= 11 is 3.63. The smallest absolute Gasteiger partial charge is 0.0855 e. The van der Waals surface area contributed by atoms with E-state index in [4.69, 9.17) is 9.47 Å². The minimum atomic E-state index is -0.157. The summed E-state index contributed by atoms with van der Waals surface area (Å²) in [5.74, 6) is 0. The van der Waals surface area contributed by atoms with Crippen molar-refractivity contribution < 1.29 is 9.47 Å². The van der Waals surface area contributed by atoms with Gasteiger partial charge in [0.1, 0.15) is 0 Å². The van der Waals surface area contributed by atoms with Gasteiger partial charge in [0.15, 0.2) is 0 Å². The molecule has 1 saturated carbocycles. The standard InChI is InChI=1S/C10H19BrO2/c1-10(2,12-3)7-13-9-6-4-5-8(9)11/h8-9H,4-7H2,1-3H3. The molecule has 0 spiro atoms. The number of ether oxygens (including phenoxy) is 2. The van der Waals surface area contributed by atoms with Crippen LogP contribution < -0.4 is 0 Å². The first kappa shape index (κ1) is 11.5. The van der Waals surface area contributed by atoms with Gasteiger partial charge >= 0.3 is 0 Å². The Hall–Kier alpha value is 0.400. The summed E-state index contributed by atoms with van der Waals surface area (Å²) in [6, 6.07) is 0. The van der Waals surface area contributed by atoms with E-state index in [9.17, 15) is 0 Å². The second-order valence-electron chi connectivity index (χ2n) is 4.26. The first-order valence-electron chi connectivity index (χ1n) is 4.86. The molecule has 2 unspecified atom stereocenters. The zero-order chi connectivity index (χ0) is 9.90. The number of methoxy groups -OCH3 is 1. The normalized spacial score (nSPS) is 29.5. The van der Waals surface area contributed by atoms with Gasteiger partial charge in [-0.1, -0.05) is 15.9 Å². The summed E-state index contributed by atoms with van der Waals surface area (Å²) in [6.45, 7) is 4.77. The maximum Gasteiger partial charge on any atom is 0.0855 e. The van der Waals surface area contributed by atoms with E-state index >= 15 is 0 Å². The fourth-order valence-corrected chi connectivity index (χ4v) is 2.18. The van der Waals surface area contributed by atoms with E-state index in [-0.39, 0.29) is 5.60 Å². The highest BCUT2D eigenvalue weighted by molar-refractivity contribution is 9.09. The summed E-state index contributed by atoms with van der Waals surface area (Å²) in [5, 5.41) is 0. The van der Waals surface area contributed by atoms with Gasteiger partial charge in [0.2, 0.25) is 0 Å². The number of halogens is 1. The molecular weight excluding hydrogens is 232 g/mol. The van der Waals surface area contributed by atoms with Crippen LogP contribution in [-0.2, 0) is 9.47 Å². The van der Waals surface area contributed by atoms with E-state index in [0.717, 1.165) is 0 Å². The molecule has 0 radical (unpaired) electrons. The summed E-state index contributed by atoms with van der Waals surface area (Å²) in [7, 11) is 1.73. The van der Waals surface area contributed by atoms with Crippen molar-refractivity contribution in [3.05, 3.63) is 0 Å². The molecule has 1 fully saturated rings. The summed E-state index contributed by atoms with van der Waals surface area (Å²) < 4.78 is 11.1. The van der Waals surface area contributed by atoms with Gasteiger partial charge in [-0.05, 0) is 33.1 Å². The highest BCUT2D eigenvalue weighted by Gasteiger charge is 2.28. The lowest BCUT2D eigenvalue weighted by molar-refractivity contribution is -0.0717. The molecule has 78 valence electrons. The van der Waals surface area contributed by atoms with Gasteiger partial charge < -0.3 is 9.47 Å². The van der Waals surface area contributed by atoms with Gasteiger partial charge in [0.25, 0.3) is 0 Å². The average molecular weight is 251 g/mol. The van der Waals surface area contributed by atoms with Crippen LogP contribution in [0.3, 0.4) is 0 Å². The Balaban J connectivity index is 2.25. The lowest BCUT2D eigenvalue weighted by atomic mass is 10.1. The van der Waals surface area contributed by atoms with E-state index in [0.29, 0.717) is 17.5 Å². The van der Waals surface area contributed by atoms with Crippen molar-refractivity contribution >= 4 is 15.9 Å². The fourth-order valence-electron chi connectivity index (χ4n) is 1.44. The Morgan fingerprint density at radius 1 is 1.38 bits per heavy atom. The van der Waals surface area contributed by atoms with Crippen molar-refractivity contribution in [1.29, 1.82) is 0 Å². The Kier molecular flexibility index (Phi) is 4.20. The van der Waals surface area contributed by atoms with Crippen molar-refractivity contribution in [1.82, 2.24) is 0 Å². The van der Waals surface area contributed by atoms with Crippen LogP contribution in [0.25, 0.3) is 0 Å². The molecule has 0 aromatic heterocycles. The molecule has 1 aliphatic carbocycles. The monoisotopic (exact) mass is 250 g/mol. The van der Waals surface area contributed by atoms with Crippen LogP contribution in [0.5, 0.6) is 0 Å². The predicted molar refractivity (Wildman–Crippen MR) is 57.4 cm³/mol.